The van der Waals surface area contributed by atoms with Crippen LogP contribution in [0.3, 0.4) is 0 Å². The van der Waals surface area contributed by atoms with E-state index in [-0.39, 0.29) is 108 Å². The highest BCUT2D eigenvalue weighted by Gasteiger charge is 2.51. The maximum absolute atomic E-state index is 14.8. The number of hydrogen-bond acceptors (Lipinski definition) is 13. The molecule has 6 heterocycles. The number of rotatable bonds is 21. The Labute approximate surface area is 509 Å². The van der Waals surface area contributed by atoms with Gasteiger partial charge in [-0.1, -0.05) is 51.1 Å². The topological polar surface area (TPSA) is 310 Å². The first-order valence-corrected chi connectivity index (χ1v) is 31.9. The molecule has 1 unspecified atom stereocenters. The molecule has 0 saturated carbocycles. The number of primary amides is 1. The lowest BCUT2D eigenvalue weighted by Crippen LogP contribution is -2.62. The molecule has 0 bridgehead atoms. The molecule has 0 aliphatic carbocycles. The molecule has 474 valence electrons. The van der Waals surface area contributed by atoms with Crippen LogP contribution in [0.1, 0.15) is 127 Å². The second-order valence-electron chi connectivity index (χ2n) is 24.4. The second kappa shape index (κ2) is 26.8. The number of nitrogens with one attached hydrogen (secondary N) is 5. The van der Waals surface area contributed by atoms with Gasteiger partial charge in [-0.2, -0.15) is 8.78 Å². The van der Waals surface area contributed by atoms with Crippen molar-refractivity contribution < 1.29 is 75.1 Å². The highest BCUT2D eigenvalue weighted by Crippen LogP contribution is 2.59. The molecule has 5 aliphatic heterocycles. The largest absolute Gasteiger partial charge is 0.399 e. The van der Waals surface area contributed by atoms with Crippen molar-refractivity contribution in [3.63, 3.8) is 0 Å². The van der Waals surface area contributed by atoms with Gasteiger partial charge in [0.05, 0.1) is 11.4 Å². The van der Waals surface area contributed by atoms with Crippen LogP contribution >= 0.6 is 18.9 Å². The first kappa shape index (κ1) is 65.1. The van der Waals surface area contributed by atoms with Crippen LogP contribution in [0, 0.1) is 5.92 Å². The van der Waals surface area contributed by atoms with E-state index < -0.39 is 110 Å². The summed E-state index contributed by atoms with van der Waals surface area (Å²) < 4.78 is 69.0. The lowest BCUT2D eigenvalue weighted by Gasteiger charge is -2.39. The molecule has 9 amide bonds. The van der Waals surface area contributed by atoms with Crippen molar-refractivity contribution in [3.8, 4) is 0 Å². The number of fused-ring (bicyclic) bond motifs is 3. The van der Waals surface area contributed by atoms with Crippen LogP contribution in [0.5, 0.6) is 0 Å². The second-order valence-corrected chi connectivity index (χ2v) is 27.2. The fourth-order valence-electron chi connectivity index (χ4n) is 12.3. The summed E-state index contributed by atoms with van der Waals surface area (Å²) >= 11 is 0.816. The highest BCUT2D eigenvalue weighted by atomic mass is 32.1. The number of piperidine rings is 2. The Balaban J connectivity index is 0.866. The van der Waals surface area contributed by atoms with Gasteiger partial charge in [-0.3, -0.25) is 57.9 Å². The van der Waals surface area contributed by atoms with E-state index in [9.17, 15) is 75.1 Å². The van der Waals surface area contributed by atoms with Crippen molar-refractivity contribution in [2.24, 2.45) is 11.7 Å². The van der Waals surface area contributed by atoms with Crippen LogP contribution in [-0.2, 0) is 62.2 Å². The predicted molar refractivity (Wildman–Crippen MR) is 316 cm³/mol. The van der Waals surface area contributed by atoms with E-state index in [0.717, 1.165) is 58.3 Å². The van der Waals surface area contributed by atoms with E-state index in [0.29, 0.717) is 38.0 Å². The number of amides is 9. The Morgan fingerprint density at radius 1 is 0.852 bits per heavy atom. The molecule has 4 saturated heterocycles. The predicted octanol–water partition coefficient (Wildman–Crippen LogP) is 4.83. The van der Waals surface area contributed by atoms with Crippen molar-refractivity contribution in [2.45, 2.75) is 152 Å². The molecule has 4 fully saturated rings. The summed E-state index contributed by atoms with van der Waals surface area (Å²) in [6, 6.07) is 10.3. The van der Waals surface area contributed by atoms with Gasteiger partial charge in [-0.25, -0.2) is 8.78 Å². The van der Waals surface area contributed by atoms with Gasteiger partial charge in [0.2, 0.25) is 41.4 Å². The van der Waals surface area contributed by atoms with Gasteiger partial charge in [-0.15, -0.1) is 11.3 Å². The van der Waals surface area contributed by atoms with E-state index >= 15 is 0 Å². The van der Waals surface area contributed by atoms with Crippen molar-refractivity contribution in [3.05, 3.63) is 99.4 Å². The van der Waals surface area contributed by atoms with E-state index in [2.05, 4.69) is 47.4 Å². The Hall–Kier alpha value is -7.32. The summed E-state index contributed by atoms with van der Waals surface area (Å²) in [6.07, 6.45) is -0.500. The van der Waals surface area contributed by atoms with Crippen molar-refractivity contribution in [1.82, 2.24) is 40.9 Å². The number of carbonyl (C=O) groups is 9. The summed E-state index contributed by atoms with van der Waals surface area (Å²) in [5.74, 6) is -5.35. The monoisotopic (exact) mass is 1260 g/mol. The Morgan fingerprint density at radius 3 is 2.24 bits per heavy atom. The lowest BCUT2D eigenvalue weighted by molar-refractivity contribution is -0.144. The van der Waals surface area contributed by atoms with Gasteiger partial charge >= 0.3 is 13.3 Å². The molecule has 5 aliphatic rings. The zero-order valence-electron chi connectivity index (χ0n) is 48.9. The number of halogens is 4. The fraction of sp³-hybridized carbons (Fsp3) is 0.517. The van der Waals surface area contributed by atoms with Gasteiger partial charge in [0, 0.05) is 86.1 Å². The number of hydrogen-bond donors (Lipinski definition) is 8. The summed E-state index contributed by atoms with van der Waals surface area (Å²) in [7, 11) is -5.93. The minimum atomic E-state index is -5.93. The molecule has 28 heteroatoms. The number of nitrogens with two attached hydrogens (primary N) is 1. The number of imide groups is 1. The van der Waals surface area contributed by atoms with Crippen LogP contribution in [0.25, 0.3) is 10.1 Å². The van der Waals surface area contributed by atoms with E-state index in [1.165, 1.54) is 20.8 Å². The molecule has 4 aromatic rings. The van der Waals surface area contributed by atoms with Gasteiger partial charge in [0.25, 0.3) is 18.2 Å². The molecule has 0 spiro atoms. The molecule has 6 atom stereocenters. The zero-order valence-corrected chi connectivity index (χ0v) is 50.6. The molecule has 88 heavy (non-hydrogen) atoms. The van der Waals surface area contributed by atoms with Gasteiger partial charge in [0.1, 0.15) is 30.2 Å². The Morgan fingerprint density at radius 2 is 1.57 bits per heavy atom. The van der Waals surface area contributed by atoms with Crippen LogP contribution in [0.4, 0.5) is 23.2 Å². The van der Waals surface area contributed by atoms with Crippen molar-refractivity contribution in [1.29, 1.82) is 0 Å². The van der Waals surface area contributed by atoms with Crippen LogP contribution in [0.2, 0.25) is 0 Å². The number of nitrogens with zero attached hydrogens (tertiary/aromatic N) is 4. The summed E-state index contributed by atoms with van der Waals surface area (Å²) in [5.41, 5.74) is 3.69. The van der Waals surface area contributed by atoms with Crippen LogP contribution < -0.4 is 32.3 Å². The minimum absolute atomic E-state index is 0.0293. The minimum Gasteiger partial charge on any atom is -0.385 e. The molecule has 9 rings (SSSR count). The van der Waals surface area contributed by atoms with Crippen LogP contribution in [-0.4, -0.2) is 164 Å². The zero-order chi connectivity index (χ0) is 63.6. The molecule has 22 nitrogen and oxygen atoms in total. The Bertz CT molecular complexity index is 3410. The number of benzene rings is 3. The van der Waals surface area contributed by atoms with E-state index in [4.69, 9.17) is 5.73 Å². The fourth-order valence-corrected chi connectivity index (χ4v) is 13.8. The SMILES string of the molecule is CC(C)(C)c1ccc(C[C@H](NC(=O)[C@H](CCC(N)=O)NC(=O)[C@@H]2CC[C@@H]3CCN(CC(F)F)C[C@H](NC(=O)c4cc5cc(C(F)(F)P(=O)(O)O)ccc5s4)C(=O)N32)C(=O)N2CCC(CCNc3ccc4c(c3)CN(C3CCC(=O)NC3=O)C4=O)CC2)cc1. The third-order valence-corrected chi connectivity index (χ3v) is 19.4. The normalized spacial score (nSPS) is 21.3. The first-order valence-electron chi connectivity index (χ1n) is 29.4. The summed E-state index contributed by atoms with van der Waals surface area (Å²) in [6.45, 7) is 6.63. The van der Waals surface area contributed by atoms with Crippen LogP contribution in [0.15, 0.2) is 66.7 Å². The standard InChI is InChI=1S/C60H73F4N10O12PS/c1-59(2,3)37-6-4-34(5-7-37)26-43(57(82)72-24-19-33(20-25-72)18-22-66-39-9-11-41-36(28-39)30-73(56(41)81)45-14-17-51(76)70-53(45)78)68-52(77)42(12-16-50(65)75)67-54(79)46-13-10-40-21-23-71(32-49(61)62)31-44(58(83)74(40)46)69-55(80)48-29-35-27-38(8-15-47(35)88-48)60(63,64)87(84,85)86/h4-9,11,15,27-29,33,40,42-46,49,66H,10,12-14,16-26,30-32H2,1-3H3,(H2,65,75)(H,67,79)(H,68,77)(H,69,80)(H,70,76,78)(H2,84,85,86)/t40-,42+,43+,44+,45?,46+/m1/s1. The molecule has 0 radical (unpaired) electrons. The first-order chi connectivity index (χ1) is 41.5. The van der Waals surface area contributed by atoms with E-state index in [1.54, 1.807) is 11.0 Å². The number of thiophene rings is 1. The maximum Gasteiger partial charge on any atom is 0.399 e. The smallest absolute Gasteiger partial charge is 0.385 e. The number of carbonyl (C=O) groups excluding carboxylic acids is 9. The Kier molecular flexibility index (Phi) is 19.8. The quantitative estimate of drug-likeness (QED) is 0.0315. The average Bonchev–Trinajstić information content (AvgIpc) is 3.51. The average molecular weight is 1270 g/mol. The number of likely N-dealkylation sites (tertiary alicyclic amines) is 1. The van der Waals surface area contributed by atoms with Gasteiger partial charge < -0.3 is 51.5 Å². The van der Waals surface area contributed by atoms with Gasteiger partial charge in [0.15, 0.2) is 0 Å². The van der Waals surface area contributed by atoms with Crippen molar-refractivity contribution >= 4 is 87.9 Å². The number of alkyl halides is 4. The highest BCUT2D eigenvalue weighted by molar-refractivity contribution is 7.52. The van der Waals surface area contributed by atoms with Crippen molar-refractivity contribution in [2.75, 3.05) is 44.6 Å². The molecular weight excluding hydrogens is 1190 g/mol. The summed E-state index contributed by atoms with van der Waals surface area (Å²) in [5, 5.41) is 14.0. The molecule has 1 aromatic heterocycles. The summed E-state index contributed by atoms with van der Waals surface area (Å²) in [4.78, 5) is 147. The molecule has 9 N–H and O–H groups in total. The number of anilines is 1. The third-order valence-electron chi connectivity index (χ3n) is 17.3. The third kappa shape index (κ3) is 15.0. The van der Waals surface area contributed by atoms with Gasteiger partial charge in [-0.05, 0) is 121 Å². The lowest BCUT2D eigenvalue weighted by atomic mass is 9.86. The maximum atomic E-state index is 14.8. The molecular formula is C60H73F4N10O12PS. The van der Waals surface area contributed by atoms with E-state index in [1.807, 2.05) is 36.4 Å². The molecule has 3 aromatic carbocycles.